The van der Waals surface area contributed by atoms with Crippen molar-refractivity contribution in [2.75, 3.05) is 0 Å². The molecular weight excluding hydrogens is 655 g/mol. The molecule has 0 aromatic heterocycles. The number of alkyl carbamates (subject to hydrolysis) is 1. The number of hydrogen-bond acceptors (Lipinski definition) is 6. The van der Waals surface area contributed by atoms with Crippen LogP contribution >= 0.6 is 0 Å². The van der Waals surface area contributed by atoms with Crippen LogP contribution in [0.5, 0.6) is 0 Å². The second kappa shape index (κ2) is 15.0. The Hall–Kier alpha value is -1.38. The molecule has 4 aliphatic carbocycles. The monoisotopic (exact) mass is 732 g/mol. The number of ether oxygens (including phenoxy) is 2. The highest BCUT2D eigenvalue weighted by Crippen LogP contribution is 2.67. The summed E-state index contributed by atoms with van der Waals surface area (Å²) < 4.78 is 18.3. The number of nitrogens with one attached hydrogen (secondary N) is 1. The van der Waals surface area contributed by atoms with Gasteiger partial charge in [0.25, 0.3) is 0 Å². The van der Waals surface area contributed by atoms with E-state index in [2.05, 4.69) is 79.9 Å². The normalized spacial score (nSPS) is 33.7. The van der Waals surface area contributed by atoms with E-state index in [1.54, 1.807) is 40.2 Å². The standard InChI is InChI=1S/C43H77NO6Si/c1-27(2)36(48-37(45)43(47,28(3)4)44-38(46)49-39(6,7)8)21-16-29(5)33-19-20-34-32-18-17-30-26-31(50-51(14,15)40(9,10)11)22-24-41(30,12)35(32)23-25-42(33,34)13/h17,27-29,31-36,47H,16,18-26H2,1-15H3,(H,44,46)/t29-,31?,32+,33-,34+,35+,36+,41+,42-,43?/m1/s1. The summed E-state index contributed by atoms with van der Waals surface area (Å²) in [5.41, 5.74) is -0.583. The van der Waals surface area contributed by atoms with E-state index in [1.807, 2.05) is 0 Å². The van der Waals surface area contributed by atoms with Gasteiger partial charge < -0.3 is 19.0 Å². The van der Waals surface area contributed by atoms with Crippen molar-refractivity contribution in [3.8, 4) is 0 Å². The van der Waals surface area contributed by atoms with Crippen LogP contribution in [0.2, 0.25) is 18.1 Å². The summed E-state index contributed by atoms with van der Waals surface area (Å²) in [6.45, 7) is 32.2. The Kier molecular flexibility index (Phi) is 12.5. The Labute approximate surface area is 313 Å². The lowest BCUT2D eigenvalue weighted by Crippen LogP contribution is -2.60. The lowest BCUT2D eigenvalue weighted by atomic mass is 9.47. The number of fused-ring (bicyclic) bond motifs is 5. The molecule has 51 heavy (non-hydrogen) atoms. The summed E-state index contributed by atoms with van der Waals surface area (Å²) in [7, 11) is -1.79. The van der Waals surface area contributed by atoms with E-state index in [9.17, 15) is 14.7 Å². The van der Waals surface area contributed by atoms with E-state index >= 15 is 0 Å². The lowest BCUT2D eigenvalue weighted by Gasteiger charge is -2.59. The van der Waals surface area contributed by atoms with Crippen LogP contribution in [0.25, 0.3) is 0 Å². The number of rotatable bonds is 11. The topological polar surface area (TPSA) is 94.1 Å². The number of amides is 1. The van der Waals surface area contributed by atoms with Crippen molar-refractivity contribution in [3.05, 3.63) is 11.6 Å². The molecule has 4 rings (SSSR count). The van der Waals surface area contributed by atoms with Gasteiger partial charge in [0.1, 0.15) is 11.7 Å². The summed E-state index contributed by atoms with van der Waals surface area (Å²) in [4.78, 5) is 26.1. The van der Waals surface area contributed by atoms with Crippen molar-refractivity contribution >= 4 is 20.4 Å². The predicted molar refractivity (Wildman–Crippen MR) is 210 cm³/mol. The van der Waals surface area contributed by atoms with Gasteiger partial charge in [-0.25, -0.2) is 9.59 Å². The van der Waals surface area contributed by atoms with Crippen LogP contribution in [-0.2, 0) is 18.7 Å². The molecule has 3 fully saturated rings. The van der Waals surface area contributed by atoms with Crippen molar-refractivity contribution in [2.24, 2.45) is 52.3 Å². The van der Waals surface area contributed by atoms with Gasteiger partial charge >= 0.3 is 12.1 Å². The number of carbonyl (C=O) groups is 2. The summed E-state index contributed by atoms with van der Waals surface area (Å²) in [6, 6.07) is 0. The summed E-state index contributed by atoms with van der Waals surface area (Å²) in [5, 5.41) is 14.0. The SMILES string of the molecule is CC(C)[C@H](CC[C@@H](C)[C@H]1CC[C@H]2[C@@H]3CC=C4CC(O[Si](C)(C)C(C)(C)C)CC[C@]4(C)[C@H]3CC[C@]12C)OC(=O)C(O)(NC(=O)OC(C)(C)C)C(C)C. The predicted octanol–water partition coefficient (Wildman–Crippen LogP) is 10.8. The minimum Gasteiger partial charge on any atom is -0.459 e. The number of allylic oxidation sites excluding steroid dienone is 1. The molecule has 7 nitrogen and oxygen atoms in total. The molecule has 2 unspecified atom stereocenters. The minimum absolute atomic E-state index is 0.0766. The molecule has 3 saturated carbocycles. The van der Waals surface area contributed by atoms with Gasteiger partial charge in [-0.3, -0.25) is 5.32 Å². The van der Waals surface area contributed by atoms with Crippen molar-refractivity contribution in [1.29, 1.82) is 0 Å². The Morgan fingerprint density at radius 3 is 2.16 bits per heavy atom. The number of carbonyl (C=O) groups excluding carboxylic acids is 2. The van der Waals surface area contributed by atoms with Gasteiger partial charge in [0.2, 0.25) is 5.72 Å². The molecule has 8 heteroatoms. The fourth-order valence-electron chi connectivity index (χ4n) is 10.6. The highest BCUT2D eigenvalue weighted by molar-refractivity contribution is 6.74. The van der Waals surface area contributed by atoms with E-state index in [1.165, 1.54) is 44.9 Å². The zero-order valence-electron chi connectivity index (χ0n) is 35.3. The van der Waals surface area contributed by atoms with Crippen LogP contribution in [0.1, 0.15) is 154 Å². The van der Waals surface area contributed by atoms with Crippen molar-refractivity contribution in [3.63, 3.8) is 0 Å². The smallest absolute Gasteiger partial charge is 0.410 e. The minimum atomic E-state index is -2.17. The summed E-state index contributed by atoms with van der Waals surface area (Å²) in [5.74, 6) is 2.12. The van der Waals surface area contributed by atoms with E-state index in [0.717, 1.165) is 37.0 Å². The average molecular weight is 732 g/mol. The lowest BCUT2D eigenvalue weighted by molar-refractivity contribution is -0.183. The molecule has 0 aliphatic heterocycles. The molecule has 0 saturated heterocycles. The van der Waals surface area contributed by atoms with Crippen LogP contribution in [0.15, 0.2) is 11.6 Å². The summed E-state index contributed by atoms with van der Waals surface area (Å²) in [6.07, 6.45) is 13.6. The van der Waals surface area contributed by atoms with E-state index in [0.29, 0.717) is 28.8 Å². The zero-order valence-corrected chi connectivity index (χ0v) is 36.3. The first-order chi connectivity index (χ1) is 23.2. The quantitative estimate of drug-likeness (QED) is 0.0951. The molecule has 0 radical (unpaired) electrons. The first kappa shape index (κ1) is 42.4. The molecule has 0 aromatic rings. The second-order valence-electron chi connectivity index (χ2n) is 21.0. The third-order valence-electron chi connectivity index (χ3n) is 14.8. The first-order valence-electron chi connectivity index (χ1n) is 20.6. The fourth-order valence-corrected chi connectivity index (χ4v) is 12.0. The van der Waals surface area contributed by atoms with Crippen LogP contribution in [0.4, 0.5) is 4.79 Å². The van der Waals surface area contributed by atoms with Crippen molar-refractivity contribution < 1.29 is 28.6 Å². The van der Waals surface area contributed by atoms with Gasteiger partial charge in [0, 0.05) is 12.0 Å². The Balaban J connectivity index is 1.40. The molecule has 10 atom stereocenters. The highest BCUT2D eigenvalue weighted by atomic mass is 28.4. The van der Waals surface area contributed by atoms with Gasteiger partial charge in [-0.1, -0.05) is 80.9 Å². The maximum Gasteiger partial charge on any atom is 0.410 e. The van der Waals surface area contributed by atoms with Crippen molar-refractivity contribution in [1.82, 2.24) is 5.32 Å². The maximum absolute atomic E-state index is 13.5. The Morgan fingerprint density at radius 2 is 1.59 bits per heavy atom. The molecule has 4 aliphatic rings. The molecule has 0 bridgehead atoms. The Morgan fingerprint density at radius 1 is 0.941 bits per heavy atom. The number of aliphatic hydroxyl groups is 1. The van der Waals surface area contributed by atoms with E-state index < -0.39 is 37.6 Å². The molecule has 0 heterocycles. The third kappa shape index (κ3) is 8.79. The molecule has 294 valence electrons. The second-order valence-corrected chi connectivity index (χ2v) is 25.8. The molecule has 0 spiro atoms. The van der Waals surface area contributed by atoms with Gasteiger partial charge in [-0.05, 0) is 149 Å². The highest BCUT2D eigenvalue weighted by Gasteiger charge is 2.59. The van der Waals surface area contributed by atoms with Crippen LogP contribution < -0.4 is 5.32 Å². The molecular formula is C43H77NO6Si. The van der Waals surface area contributed by atoms with E-state index in [-0.39, 0.29) is 17.1 Å². The van der Waals surface area contributed by atoms with Gasteiger partial charge in [-0.2, -0.15) is 0 Å². The molecule has 1 amide bonds. The van der Waals surface area contributed by atoms with Gasteiger partial charge in [-0.15, -0.1) is 0 Å². The van der Waals surface area contributed by atoms with Crippen LogP contribution in [0.3, 0.4) is 0 Å². The molecule has 2 N–H and O–H groups in total. The van der Waals surface area contributed by atoms with Crippen LogP contribution in [-0.4, -0.2) is 49.0 Å². The maximum atomic E-state index is 13.5. The van der Waals surface area contributed by atoms with Gasteiger partial charge in [0.05, 0.1) is 0 Å². The van der Waals surface area contributed by atoms with Crippen LogP contribution in [0, 0.1) is 52.3 Å². The zero-order chi connectivity index (χ0) is 38.5. The largest absolute Gasteiger partial charge is 0.459 e. The molecule has 0 aromatic carbocycles. The van der Waals surface area contributed by atoms with E-state index in [4.69, 9.17) is 13.9 Å². The van der Waals surface area contributed by atoms with Crippen molar-refractivity contribution in [2.45, 2.75) is 196 Å². The summed E-state index contributed by atoms with van der Waals surface area (Å²) >= 11 is 0. The first-order valence-corrected chi connectivity index (χ1v) is 23.5. The average Bonchev–Trinajstić information content (AvgIpc) is 3.34. The number of esters is 1. The van der Waals surface area contributed by atoms with Gasteiger partial charge in [0.15, 0.2) is 8.32 Å². The third-order valence-corrected chi connectivity index (χ3v) is 19.4. The fraction of sp³-hybridized carbons (Fsp3) is 0.907. The number of hydrogen-bond donors (Lipinski definition) is 2. The Bertz CT molecular complexity index is 1280.